The molecule has 4 rings (SSSR count). The van der Waals surface area contributed by atoms with E-state index in [1.807, 2.05) is 0 Å². The summed E-state index contributed by atoms with van der Waals surface area (Å²) in [4.78, 5) is 0. The van der Waals surface area contributed by atoms with Crippen molar-refractivity contribution in [1.82, 2.24) is 0 Å². The van der Waals surface area contributed by atoms with Crippen LogP contribution in [-0.2, 0) is 0 Å². The second-order valence-electron chi connectivity index (χ2n) is 5.95. The van der Waals surface area contributed by atoms with Crippen LogP contribution in [0.15, 0.2) is 29.9 Å². The van der Waals surface area contributed by atoms with Gasteiger partial charge in [-0.3, -0.25) is 0 Å². The average molecular weight is 314 g/mol. The number of hydrogen-bond donors (Lipinski definition) is 2. The minimum atomic E-state index is -1.73. The van der Waals surface area contributed by atoms with E-state index >= 15 is 0 Å². The molecule has 1 fully saturated rings. The first kappa shape index (κ1) is 15.1. The number of halogens is 4. The second kappa shape index (κ2) is 4.84. The number of allylic oxidation sites excluding steroid dienone is 2. The first-order chi connectivity index (χ1) is 10.3. The minimum absolute atomic E-state index is 0.0863. The van der Waals surface area contributed by atoms with Gasteiger partial charge in [0.1, 0.15) is 11.4 Å². The summed E-state index contributed by atoms with van der Waals surface area (Å²) in [6.07, 6.45) is 3.06. The first-order valence-corrected chi connectivity index (χ1v) is 6.94. The van der Waals surface area contributed by atoms with Gasteiger partial charge in [0, 0.05) is 11.0 Å². The molecule has 0 spiro atoms. The van der Waals surface area contributed by atoms with Crippen LogP contribution in [0, 0.1) is 17.0 Å². The summed E-state index contributed by atoms with van der Waals surface area (Å²) in [6.45, 7) is 0. The Bertz CT molecular complexity index is 686. The monoisotopic (exact) mass is 314 g/mol. The summed E-state index contributed by atoms with van der Waals surface area (Å²) >= 11 is 0. The molecule has 0 unspecified atom stereocenters. The molecule has 1 aromatic carbocycles. The Morgan fingerprint density at radius 1 is 0.909 bits per heavy atom. The normalized spacial score (nSPS) is 31.3. The molecule has 0 saturated heterocycles. The number of aromatic hydroxyl groups is 1. The van der Waals surface area contributed by atoms with E-state index < -0.39 is 40.1 Å². The number of rotatable bonds is 2. The summed E-state index contributed by atoms with van der Waals surface area (Å²) in [7, 11) is 0. The van der Waals surface area contributed by atoms with Crippen LogP contribution in [0.4, 0.5) is 17.6 Å². The molecule has 0 aliphatic heterocycles. The highest BCUT2D eigenvalue weighted by Gasteiger charge is 2.53. The maximum atomic E-state index is 14.2. The summed E-state index contributed by atoms with van der Waals surface area (Å²) in [5.41, 5.74) is -3.12. The topological polar surface area (TPSA) is 40.5 Å². The Balaban J connectivity index is 1.98. The van der Waals surface area contributed by atoms with Gasteiger partial charge in [0.05, 0.1) is 0 Å². The maximum absolute atomic E-state index is 14.2. The number of aliphatic hydroxyl groups is 1. The molecule has 0 amide bonds. The summed E-state index contributed by atoms with van der Waals surface area (Å²) in [5.74, 6) is -5.65. The molecular formula is C16H14F4O2. The molecule has 6 heteroatoms. The largest absolute Gasteiger partial charge is 0.505 e. The lowest BCUT2D eigenvalue weighted by Gasteiger charge is -2.46. The van der Waals surface area contributed by atoms with Crippen LogP contribution >= 0.6 is 0 Å². The third-order valence-corrected chi connectivity index (χ3v) is 4.68. The third kappa shape index (κ3) is 2.05. The van der Waals surface area contributed by atoms with Crippen molar-refractivity contribution in [3.8, 4) is 5.75 Å². The molecule has 2 nitrogen and oxygen atoms in total. The zero-order valence-corrected chi connectivity index (χ0v) is 11.5. The zero-order chi connectivity index (χ0) is 16.1. The fourth-order valence-corrected chi connectivity index (χ4v) is 3.14. The van der Waals surface area contributed by atoms with Crippen molar-refractivity contribution in [2.24, 2.45) is 5.41 Å². The van der Waals surface area contributed by atoms with Crippen molar-refractivity contribution in [1.29, 1.82) is 0 Å². The molecule has 1 aromatic rings. The van der Waals surface area contributed by atoms with Crippen molar-refractivity contribution in [3.05, 3.63) is 47.1 Å². The first-order valence-electron chi connectivity index (χ1n) is 6.94. The van der Waals surface area contributed by atoms with Gasteiger partial charge in [0.25, 0.3) is 0 Å². The Morgan fingerprint density at radius 2 is 1.55 bits per heavy atom. The third-order valence-electron chi connectivity index (χ3n) is 4.68. The van der Waals surface area contributed by atoms with Crippen molar-refractivity contribution in [3.63, 3.8) is 0 Å². The smallest absolute Gasteiger partial charge is 0.200 e. The average Bonchev–Trinajstić information content (AvgIpc) is 2.51. The summed E-state index contributed by atoms with van der Waals surface area (Å²) < 4.78 is 55.1. The Morgan fingerprint density at radius 3 is 2.18 bits per heavy atom. The van der Waals surface area contributed by atoms with Crippen LogP contribution < -0.4 is 0 Å². The molecule has 3 aliphatic carbocycles. The molecule has 0 atom stereocenters. The van der Waals surface area contributed by atoms with Gasteiger partial charge in [0.2, 0.25) is 5.82 Å². The molecule has 22 heavy (non-hydrogen) atoms. The summed E-state index contributed by atoms with van der Waals surface area (Å²) in [5, 5.41) is 19.0. The molecule has 2 N–H and O–H groups in total. The molecule has 0 heterocycles. The maximum Gasteiger partial charge on any atom is 0.200 e. The Kier molecular flexibility index (Phi) is 3.32. The SMILES string of the molecule is Oc1ccc(/C=C/C23CCC(O)(CC2)C(F)=C3F)c(F)c1F. The molecule has 0 radical (unpaired) electrons. The Labute approximate surface area is 124 Å². The highest BCUT2D eigenvalue weighted by Crippen LogP contribution is 2.57. The highest BCUT2D eigenvalue weighted by atomic mass is 19.2. The second-order valence-corrected chi connectivity index (χ2v) is 5.95. The van der Waals surface area contributed by atoms with E-state index in [4.69, 9.17) is 5.11 Å². The fraction of sp³-hybridized carbons (Fsp3) is 0.375. The van der Waals surface area contributed by atoms with E-state index in [9.17, 15) is 22.7 Å². The van der Waals surface area contributed by atoms with Crippen LogP contribution in [0.1, 0.15) is 31.2 Å². The lowest BCUT2D eigenvalue weighted by atomic mass is 9.61. The Hall–Kier alpha value is -1.82. The molecule has 2 bridgehead atoms. The molecule has 3 aliphatic rings. The molecule has 1 saturated carbocycles. The quantitative estimate of drug-likeness (QED) is 0.806. The fourth-order valence-electron chi connectivity index (χ4n) is 3.14. The molecular weight excluding hydrogens is 300 g/mol. The van der Waals surface area contributed by atoms with E-state index in [0.717, 1.165) is 12.1 Å². The van der Waals surface area contributed by atoms with Gasteiger partial charge in [0.15, 0.2) is 17.4 Å². The predicted octanol–water partition coefficient (Wildman–Crippen LogP) is 4.14. The molecule has 118 valence electrons. The zero-order valence-electron chi connectivity index (χ0n) is 11.5. The van der Waals surface area contributed by atoms with Crippen molar-refractivity contribution >= 4 is 6.08 Å². The lowest BCUT2D eigenvalue weighted by molar-refractivity contribution is -0.0339. The van der Waals surface area contributed by atoms with E-state index in [-0.39, 0.29) is 31.2 Å². The van der Waals surface area contributed by atoms with E-state index in [0.29, 0.717) is 0 Å². The van der Waals surface area contributed by atoms with Gasteiger partial charge in [-0.2, -0.15) is 4.39 Å². The van der Waals surface area contributed by atoms with Crippen LogP contribution in [-0.4, -0.2) is 15.8 Å². The lowest BCUT2D eigenvalue weighted by Crippen LogP contribution is -2.45. The van der Waals surface area contributed by atoms with Crippen molar-refractivity contribution in [2.75, 3.05) is 0 Å². The highest BCUT2D eigenvalue weighted by molar-refractivity contribution is 5.54. The number of fused-ring (bicyclic) bond motifs is 2. The molecule has 0 aromatic heterocycles. The minimum Gasteiger partial charge on any atom is -0.505 e. The number of phenols is 1. The standard InChI is InChI=1S/C16H14F4O2/c17-11-9(1-2-10(21)12(11)18)3-4-15-5-7-16(22,8-6-15)14(20)13(15)19/h1-4,21-22H,5-8H2/b4-3+. The van der Waals surface area contributed by atoms with Gasteiger partial charge in [-0.15, -0.1) is 0 Å². The van der Waals surface area contributed by atoms with E-state index in [2.05, 4.69) is 0 Å². The van der Waals surface area contributed by atoms with Gasteiger partial charge in [-0.25, -0.2) is 13.2 Å². The van der Waals surface area contributed by atoms with Gasteiger partial charge in [-0.1, -0.05) is 12.2 Å². The van der Waals surface area contributed by atoms with Crippen molar-refractivity contribution in [2.45, 2.75) is 31.3 Å². The van der Waals surface area contributed by atoms with Gasteiger partial charge in [-0.05, 0) is 37.8 Å². The van der Waals surface area contributed by atoms with Crippen LogP contribution in [0.5, 0.6) is 5.75 Å². The number of benzene rings is 1. The van der Waals surface area contributed by atoms with Crippen LogP contribution in [0.2, 0.25) is 0 Å². The number of phenolic OH excluding ortho intramolecular Hbond substituents is 1. The van der Waals surface area contributed by atoms with Crippen LogP contribution in [0.25, 0.3) is 6.08 Å². The van der Waals surface area contributed by atoms with E-state index in [1.165, 1.54) is 12.2 Å². The van der Waals surface area contributed by atoms with Crippen molar-refractivity contribution < 1.29 is 27.8 Å². The van der Waals surface area contributed by atoms with Gasteiger partial charge < -0.3 is 10.2 Å². The van der Waals surface area contributed by atoms with E-state index in [1.54, 1.807) is 0 Å². The predicted molar refractivity (Wildman–Crippen MR) is 72.1 cm³/mol. The number of hydrogen-bond acceptors (Lipinski definition) is 2. The van der Waals surface area contributed by atoms with Gasteiger partial charge >= 0.3 is 0 Å². The van der Waals surface area contributed by atoms with Crippen LogP contribution in [0.3, 0.4) is 0 Å². The summed E-state index contributed by atoms with van der Waals surface area (Å²) in [6, 6.07) is 2.14.